The maximum Gasteiger partial charge on any atom is 0.416 e. The molecule has 1 atom stereocenters. The number of rotatable bonds is 7. The number of methoxy groups -OCH3 is 1. The van der Waals surface area contributed by atoms with E-state index >= 15 is 0 Å². The molecule has 28 heavy (non-hydrogen) atoms. The Kier molecular flexibility index (Phi) is 7.00. The van der Waals surface area contributed by atoms with E-state index in [4.69, 9.17) is 4.74 Å². The summed E-state index contributed by atoms with van der Waals surface area (Å²) in [5.41, 5.74) is 0.0421. The predicted octanol–water partition coefficient (Wildman–Crippen LogP) is 1.81. The van der Waals surface area contributed by atoms with Gasteiger partial charge in [-0.05, 0) is 36.4 Å². The average molecular weight is 396 g/mol. The first-order valence-electron chi connectivity index (χ1n) is 8.39. The third-order valence-corrected chi connectivity index (χ3v) is 3.77. The summed E-state index contributed by atoms with van der Waals surface area (Å²) in [6.45, 7) is 0.0180. The van der Waals surface area contributed by atoms with E-state index in [9.17, 15) is 22.8 Å². The van der Waals surface area contributed by atoms with Gasteiger partial charge in [-0.15, -0.1) is 0 Å². The lowest BCUT2D eigenvalue weighted by Crippen LogP contribution is -3.11. The van der Waals surface area contributed by atoms with Gasteiger partial charge in [-0.25, -0.2) is 0 Å². The van der Waals surface area contributed by atoms with Gasteiger partial charge >= 0.3 is 6.18 Å². The minimum Gasteiger partial charge on any atom is -0.497 e. The van der Waals surface area contributed by atoms with Crippen molar-refractivity contribution in [2.24, 2.45) is 0 Å². The molecule has 0 aromatic heterocycles. The predicted molar refractivity (Wildman–Crippen MR) is 98.3 cm³/mol. The number of amides is 2. The molecular formula is C19H21F3N3O3+. The monoisotopic (exact) mass is 396 g/mol. The van der Waals surface area contributed by atoms with E-state index in [1.54, 1.807) is 31.3 Å². The highest BCUT2D eigenvalue weighted by molar-refractivity contribution is 5.93. The molecule has 0 saturated carbocycles. The number of halogens is 3. The normalized spacial score (nSPS) is 12.2. The molecule has 0 aliphatic heterocycles. The molecule has 0 spiro atoms. The zero-order valence-electron chi connectivity index (χ0n) is 15.4. The van der Waals surface area contributed by atoms with Gasteiger partial charge in [0.1, 0.15) is 5.75 Å². The summed E-state index contributed by atoms with van der Waals surface area (Å²) < 4.78 is 42.7. The van der Waals surface area contributed by atoms with Crippen LogP contribution in [0, 0.1) is 0 Å². The molecule has 0 saturated heterocycles. The number of nitrogens with one attached hydrogen (secondary N) is 3. The van der Waals surface area contributed by atoms with E-state index in [0.29, 0.717) is 16.3 Å². The fourth-order valence-electron chi connectivity index (χ4n) is 2.46. The van der Waals surface area contributed by atoms with Crippen LogP contribution in [0.15, 0.2) is 48.5 Å². The SMILES string of the molecule is COc1cccc(NC(=O)C[NH+](C)CC(=O)Nc2ccc(C(F)(F)F)cc2)c1. The van der Waals surface area contributed by atoms with Crippen LogP contribution in [-0.2, 0) is 15.8 Å². The zero-order chi connectivity index (χ0) is 20.7. The Balaban J connectivity index is 1.82. The molecule has 0 bridgehead atoms. The van der Waals surface area contributed by atoms with Crippen LogP contribution in [-0.4, -0.2) is 39.1 Å². The first-order valence-corrected chi connectivity index (χ1v) is 8.39. The van der Waals surface area contributed by atoms with Crippen molar-refractivity contribution in [2.75, 3.05) is 37.9 Å². The summed E-state index contributed by atoms with van der Waals surface area (Å²) in [6, 6.07) is 11.0. The topological polar surface area (TPSA) is 71.9 Å². The first-order chi connectivity index (χ1) is 13.2. The van der Waals surface area contributed by atoms with Crippen LogP contribution in [0.5, 0.6) is 5.75 Å². The van der Waals surface area contributed by atoms with Crippen molar-refractivity contribution >= 4 is 23.2 Å². The number of hydrogen-bond acceptors (Lipinski definition) is 3. The van der Waals surface area contributed by atoms with E-state index in [1.165, 1.54) is 19.2 Å². The summed E-state index contributed by atoms with van der Waals surface area (Å²) in [4.78, 5) is 24.7. The van der Waals surface area contributed by atoms with E-state index in [-0.39, 0.29) is 24.7 Å². The van der Waals surface area contributed by atoms with Crippen molar-refractivity contribution in [3.8, 4) is 5.75 Å². The molecule has 0 radical (unpaired) electrons. The molecule has 2 amide bonds. The fourth-order valence-corrected chi connectivity index (χ4v) is 2.46. The molecular weight excluding hydrogens is 375 g/mol. The Labute approximate surface area is 160 Å². The maximum atomic E-state index is 12.5. The second-order valence-electron chi connectivity index (χ2n) is 6.21. The standard InChI is InChI=1S/C19H20F3N3O3/c1-25(12-18(27)24-15-4-3-5-16(10-15)28-2)11-17(26)23-14-8-6-13(7-9-14)19(20,21)22/h3-10H,11-12H2,1-2H3,(H,23,26)(H,24,27)/p+1. The molecule has 0 aliphatic carbocycles. The highest BCUT2D eigenvalue weighted by Crippen LogP contribution is 2.29. The minimum absolute atomic E-state index is 0.0213. The number of alkyl halides is 3. The number of benzene rings is 2. The molecule has 6 nitrogen and oxygen atoms in total. The van der Waals surface area contributed by atoms with Gasteiger partial charge in [0.05, 0.1) is 19.7 Å². The summed E-state index contributed by atoms with van der Waals surface area (Å²) in [6.07, 6.45) is -4.43. The Morgan fingerprint density at radius 2 is 1.54 bits per heavy atom. The molecule has 2 rings (SSSR count). The summed E-state index contributed by atoms with van der Waals surface area (Å²) in [5.74, 6) is -0.0889. The Bertz CT molecular complexity index is 823. The third kappa shape index (κ3) is 6.58. The first kappa shape index (κ1) is 21.2. The molecule has 0 fully saturated rings. The van der Waals surface area contributed by atoms with Gasteiger partial charge < -0.3 is 20.3 Å². The third-order valence-electron chi connectivity index (χ3n) is 3.77. The molecule has 150 valence electrons. The molecule has 2 aromatic carbocycles. The summed E-state index contributed by atoms with van der Waals surface area (Å²) in [5, 5.41) is 5.23. The fraction of sp³-hybridized carbons (Fsp3) is 0.263. The van der Waals surface area contributed by atoms with Crippen molar-refractivity contribution in [2.45, 2.75) is 6.18 Å². The minimum atomic E-state index is -4.43. The van der Waals surface area contributed by atoms with Crippen molar-refractivity contribution in [1.82, 2.24) is 0 Å². The molecule has 9 heteroatoms. The number of ether oxygens (including phenoxy) is 1. The molecule has 0 aliphatic rings. The van der Waals surface area contributed by atoms with Crippen molar-refractivity contribution < 1.29 is 32.4 Å². The summed E-state index contributed by atoms with van der Waals surface area (Å²) in [7, 11) is 3.19. The van der Waals surface area contributed by atoms with E-state index in [1.807, 2.05) is 0 Å². The van der Waals surface area contributed by atoms with Crippen LogP contribution in [0.3, 0.4) is 0 Å². The van der Waals surface area contributed by atoms with Crippen LogP contribution >= 0.6 is 0 Å². The number of anilines is 2. The van der Waals surface area contributed by atoms with Crippen LogP contribution in [0.25, 0.3) is 0 Å². The number of likely N-dealkylation sites (N-methyl/N-ethyl adjacent to an activating group) is 1. The second-order valence-corrected chi connectivity index (χ2v) is 6.21. The smallest absolute Gasteiger partial charge is 0.416 e. The Morgan fingerprint density at radius 1 is 0.964 bits per heavy atom. The van der Waals surface area contributed by atoms with Crippen LogP contribution in [0.1, 0.15) is 5.56 Å². The van der Waals surface area contributed by atoms with Crippen molar-refractivity contribution in [1.29, 1.82) is 0 Å². The molecule has 1 unspecified atom stereocenters. The number of carbonyl (C=O) groups is 2. The van der Waals surface area contributed by atoms with E-state index < -0.39 is 17.6 Å². The quantitative estimate of drug-likeness (QED) is 0.669. The van der Waals surface area contributed by atoms with E-state index in [2.05, 4.69) is 10.6 Å². The summed E-state index contributed by atoms with van der Waals surface area (Å²) >= 11 is 0. The van der Waals surface area contributed by atoms with Gasteiger partial charge in [0.25, 0.3) is 11.8 Å². The maximum absolute atomic E-state index is 12.5. The number of hydrogen-bond donors (Lipinski definition) is 3. The zero-order valence-corrected chi connectivity index (χ0v) is 15.4. The lowest BCUT2D eigenvalue weighted by atomic mass is 10.2. The van der Waals surface area contributed by atoms with Gasteiger partial charge in [-0.1, -0.05) is 6.07 Å². The van der Waals surface area contributed by atoms with Gasteiger partial charge in [0, 0.05) is 17.4 Å². The number of quaternary nitrogens is 1. The van der Waals surface area contributed by atoms with Crippen molar-refractivity contribution in [3.63, 3.8) is 0 Å². The van der Waals surface area contributed by atoms with Crippen LogP contribution in [0.2, 0.25) is 0 Å². The second kappa shape index (κ2) is 9.23. The number of carbonyl (C=O) groups excluding carboxylic acids is 2. The molecule has 3 N–H and O–H groups in total. The highest BCUT2D eigenvalue weighted by atomic mass is 19.4. The Morgan fingerprint density at radius 3 is 2.07 bits per heavy atom. The average Bonchev–Trinajstić information content (AvgIpc) is 2.61. The lowest BCUT2D eigenvalue weighted by Gasteiger charge is -2.14. The van der Waals surface area contributed by atoms with Crippen molar-refractivity contribution in [3.05, 3.63) is 54.1 Å². The van der Waals surface area contributed by atoms with Gasteiger partial charge in [-0.3, -0.25) is 9.59 Å². The van der Waals surface area contributed by atoms with E-state index in [0.717, 1.165) is 12.1 Å². The molecule has 2 aromatic rings. The highest BCUT2D eigenvalue weighted by Gasteiger charge is 2.30. The van der Waals surface area contributed by atoms with Gasteiger partial charge in [0.2, 0.25) is 0 Å². The van der Waals surface area contributed by atoms with Crippen LogP contribution < -0.4 is 20.3 Å². The Hall–Kier alpha value is -3.07. The largest absolute Gasteiger partial charge is 0.497 e. The van der Waals surface area contributed by atoms with Crippen LogP contribution in [0.4, 0.5) is 24.5 Å². The van der Waals surface area contributed by atoms with Gasteiger partial charge in [0.15, 0.2) is 13.1 Å². The molecule has 0 heterocycles. The van der Waals surface area contributed by atoms with Gasteiger partial charge in [-0.2, -0.15) is 13.2 Å². The lowest BCUT2D eigenvalue weighted by molar-refractivity contribution is -0.862.